The zero-order valence-electron chi connectivity index (χ0n) is 10.1. The number of hydrogen-bond acceptors (Lipinski definition) is 2. The van der Waals surface area contributed by atoms with Crippen LogP contribution in [-0.2, 0) is 4.79 Å². The summed E-state index contributed by atoms with van der Waals surface area (Å²) in [4.78, 5) is 13.1. The number of hydrogen-bond donors (Lipinski definition) is 1. The highest BCUT2D eigenvalue weighted by Crippen LogP contribution is 2.21. The molecule has 0 saturated carbocycles. The Labute approximate surface area is 96.7 Å². The molecule has 0 radical (unpaired) electrons. The average Bonchev–Trinajstić information content (AvgIpc) is 2.30. The van der Waals surface area contributed by atoms with Gasteiger partial charge in [0.05, 0.1) is 5.92 Å². The largest absolute Gasteiger partial charge is 0.481 e. The van der Waals surface area contributed by atoms with Crippen molar-refractivity contribution >= 4 is 11.7 Å². The molecule has 1 unspecified atom stereocenters. The molecule has 0 bridgehead atoms. The van der Waals surface area contributed by atoms with Gasteiger partial charge in [-0.15, -0.1) is 0 Å². The van der Waals surface area contributed by atoms with Gasteiger partial charge in [-0.05, 0) is 38.5 Å². The van der Waals surface area contributed by atoms with Crippen LogP contribution in [-0.4, -0.2) is 24.2 Å². The molecule has 1 atom stereocenters. The summed E-state index contributed by atoms with van der Waals surface area (Å²) in [6.45, 7) is 7.76. The molecule has 0 spiro atoms. The third-order valence-corrected chi connectivity index (χ3v) is 2.87. The van der Waals surface area contributed by atoms with Gasteiger partial charge >= 0.3 is 5.97 Å². The highest BCUT2D eigenvalue weighted by molar-refractivity contribution is 5.76. The minimum absolute atomic E-state index is 0.449. The fourth-order valence-electron chi connectivity index (χ4n) is 1.72. The van der Waals surface area contributed by atoms with Crippen molar-refractivity contribution in [3.05, 3.63) is 29.8 Å². The molecular weight excluding hydrogens is 202 g/mol. The maximum atomic E-state index is 10.9. The topological polar surface area (TPSA) is 40.5 Å². The Bertz CT molecular complexity index is 359. The van der Waals surface area contributed by atoms with Crippen LogP contribution in [0.2, 0.25) is 0 Å². The second kappa shape index (κ2) is 5.54. The van der Waals surface area contributed by atoms with E-state index < -0.39 is 11.9 Å². The van der Waals surface area contributed by atoms with E-state index >= 15 is 0 Å². The average molecular weight is 221 g/mol. The van der Waals surface area contributed by atoms with E-state index in [1.54, 1.807) is 6.92 Å². The predicted molar refractivity (Wildman–Crippen MR) is 66.1 cm³/mol. The lowest BCUT2D eigenvalue weighted by Crippen LogP contribution is -2.22. The fraction of sp³-hybridized carbons (Fsp3) is 0.462. The van der Waals surface area contributed by atoms with Gasteiger partial charge in [0.25, 0.3) is 0 Å². The summed E-state index contributed by atoms with van der Waals surface area (Å²) in [5.41, 5.74) is 1.95. The molecule has 16 heavy (non-hydrogen) atoms. The molecule has 1 aromatic rings. The Hall–Kier alpha value is -1.51. The van der Waals surface area contributed by atoms with Crippen LogP contribution in [0.3, 0.4) is 0 Å². The maximum absolute atomic E-state index is 10.9. The lowest BCUT2D eigenvalue weighted by molar-refractivity contribution is -0.138. The Morgan fingerprint density at radius 2 is 2.00 bits per heavy atom. The van der Waals surface area contributed by atoms with Crippen molar-refractivity contribution in [1.29, 1.82) is 0 Å². The monoisotopic (exact) mass is 221 g/mol. The summed E-state index contributed by atoms with van der Waals surface area (Å²) in [6.07, 6.45) is 0. The van der Waals surface area contributed by atoms with Gasteiger partial charge in [-0.25, -0.2) is 0 Å². The minimum atomic E-state index is -0.781. The number of benzene rings is 1. The lowest BCUT2D eigenvalue weighted by atomic mass is 10.0. The van der Waals surface area contributed by atoms with Gasteiger partial charge in [-0.1, -0.05) is 12.1 Å². The van der Waals surface area contributed by atoms with Crippen molar-refractivity contribution in [2.75, 3.05) is 18.0 Å². The van der Waals surface area contributed by atoms with Gasteiger partial charge in [0, 0.05) is 18.8 Å². The van der Waals surface area contributed by atoms with Crippen LogP contribution >= 0.6 is 0 Å². The predicted octanol–water partition coefficient (Wildman–Crippen LogP) is 2.72. The highest BCUT2D eigenvalue weighted by Gasteiger charge is 2.14. The molecule has 0 saturated heterocycles. The van der Waals surface area contributed by atoms with Crippen LogP contribution < -0.4 is 4.90 Å². The molecule has 0 aliphatic heterocycles. The van der Waals surface area contributed by atoms with Crippen LogP contribution in [0.1, 0.15) is 32.3 Å². The van der Waals surface area contributed by atoms with E-state index in [1.807, 2.05) is 24.3 Å². The molecule has 0 heterocycles. The molecule has 88 valence electrons. The summed E-state index contributed by atoms with van der Waals surface area (Å²) >= 11 is 0. The summed E-state index contributed by atoms with van der Waals surface area (Å²) < 4.78 is 0. The smallest absolute Gasteiger partial charge is 0.310 e. The van der Waals surface area contributed by atoms with E-state index in [0.29, 0.717) is 0 Å². The van der Waals surface area contributed by atoms with Crippen molar-refractivity contribution < 1.29 is 9.90 Å². The molecule has 3 heteroatoms. The first-order valence-corrected chi connectivity index (χ1v) is 5.67. The summed E-state index contributed by atoms with van der Waals surface area (Å²) in [5.74, 6) is -1.23. The highest BCUT2D eigenvalue weighted by atomic mass is 16.4. The quantitative estimate of drug-likeness (QED) is 0.831. The van der Waals surface area contributed by atoms with Crippen molar-refractivity contribution in [2.45, 2.75) is 26.7 Å². The number of rotatable bonds is 5. The van der Waals surface area contributed by atoms with Crippen LogP contribution in [0.4, 0.5) is 5.69 Å². The number of carbonyl (C=O) groups is 1. The molecule has 1 aromatic carbocycles. The molecule has 1 rings (SSSR count). The zero-order valence-corrected chi connectivity index (χ0v) is 10.1. The standard InChI is InChI=1S/C13H19NO2/c1-4-14(5-2)12-8-6-7-11(9-12)10(3)13(15)16/h6-10H,4-5H2,1-3H3,(H,15,16). The van der Waals surface area contributed by atoms with Crippen molar-refractivity contribution in [3.63, 3.8) is 0 Å². The summed E-state index contributed by atoms with van der Waals surface area (Å²) in [7, 11) is 0. The van der Waals surface area contributed by atoms with Gasteiger partial charge in [0.15, 0.2) is 0 Å². The van der Waals surface area contributed by atoms with Crippen LogP contribution in [0, 0.1) is 0 Å². The first-order chi connectivity index (χ1) is 7.60. The molecule has 0 amide bonds. The van der Waals surface area contributed by atoms with E-state index in [2.05, 4.69) is 18.7 Å². The minimum Gasteiger partial charge on any atom is -0.481 e. The van der Waals surface area contributed by atoms with E-state index in [-0.39, 0.29) is 0 Å². The summed E-state index contributed by atoms with van der Waals surface area (Å²) in [6, 6.07) is 7.77. The van der Waals surface area contributed by atoms with E-state index in [9.17, 15) is 4.79 Å². The third-order valence-electron chi connectivity index (χ3n) is 2.87. The maximum Gasteiger partial charge on any atom is 0.310 e. The molecule has 3 nitrogen and oxygen atoms in total. The van der Waals surface area contributed by atoms with Crippen LogP contribution in [0.5, 0.6) is 0 Å². The number of nitrogens with zero attached hydrogens (tertiary/aromatic N) is 1. The Morgan fingerprint density at radius 1 is 1.38 bits per heavy atom. The van der Waals surface area contributed by atoms with Gasteiger partial charge in [-0.2, -0.15) is 0 Å². The first-order valence-electron chi connectivity index (χ1n) is 5.67. The molecule has 1 N–H and O–H groups in total. The van der Waals surface area contributed by atoms with Crippen molar-refractivity contribution in [3.8, 4) is 0 Å². The van der Waals surface area contributed by atoms with Crippen LogP contribution in [0.15, 0.2) is 24.3 Å². The number of carboxylic acid groups (broad SMARTS) is 1. The second-order valence-corrected chi connectivity index (χ2v) is 3.83. The second-order valence-electron chi connectivity index (χ2n) is 3.83. The first kappa shape index (κ1) is 12.6. The zero-order chi connectivity index (χ0) is 12.1. The molecule has 0 aliphatic rings. The SMILES string of the molecule is CCN(CC)c1cccc(C(C)C(=O)O)c1. The fourth-order valence-corrected chi connectivity index (χ4v) is 1.72. The van der Waals surface area contributed by atoms with Crippen LogP contribution in [0.25, 0.3) is 0 Å². The number of carboxylic acids is 1. The number of anilines is 1. The molecule has 0 fully saturated rings. The van der Waals surface area contributed by atoms with Gasteiger partial charge < -0.3 is 10.0 Å². The van der Waals surface area contributed by atoms with E-state index in [4.69, 9.17) is 5.11 Å². The Morgan fingerprint density at radius 3 is 2.50 bits per heavy atom. The van der Waals surface area contributed by atoms with E-state index in [1.165, 1.54) is 0 Å². The number of aliphatic carboxylic acids is 1. The molecule has 0 aromatic heterocycles. The summed E-state index contributed by atoms with van der Waals surface area (Å²) in [5, 5.41) is 8.97. The van der Waals surface area contributed by atoms with Crippen molar-refractivity contribution in [2.24, 2.45) is 0 Å². The van der Waals surface area contributed by atoms with Gasteiger partial charge in [0.1, 0.15) is 0 Å². The normalized spacial score (nSPS) is 12.2. The molecule has 0 aliphatic carbocycles. The Balaban J connectivity index is 2.98. The lowest BCUT2D eigenvalue weighted by Gasteiger charge is -2.22. The third kappa shape index (κ3) is 2.75. The van der Waals surface area contributed by atoms with Crippen molar-refractivity contribution in [1.82, 2.24) is 0 Å². The van der Waals surface area contributed by atoms with E-state index in [0.717, 1.165) is 24.3 Å². The molecular formula is C13H19NO2. The van der Waals surface area contributed by atoms with Gasteiger partial charge in [-0.3, -0.25) is 4.79 Å². The van der Waals surface area contributed by atoms with Gasteiger partial charge in [0.2, 0.25) is 0 Å². The Kier molecular flexibility index (Phi) is 4.35.